The normalized spacial score (nSPS) is 12.0. The number of hydrogen-bond acceptors (Lipinski definition) is 2. The van der Waals surface area contributed by atoms with Crippen LogP contribution in [0.5, 0.6) is 0 Å². The number of hydrogen-bond donors (Lipinski definition) is 0. The Morgan fingerprint density at radius 3 is 1.48 bits per heavy atom. The summed E-state index contributed by atoms with van der Waals surface area (Å²) in [5.41, 5.74) is 10.7. The Labute approximate surface area is 287 Å². The van der Waals surface area contributed by atoms with Crippen LogP contribution in [-0.4, -0.2) is 0 Å². The summed E-state index contributed by atoms with van der Waals surface area (Å²) >= 11 is 0. The van der Waals surface area contributed by atoms with Crippen LogP contribution < -0.4 is 0 Å². The molecule has 0 radical (unpaired) electrons. The lowest BCUT2D eigenvalue weighted by atomic mass is 9.84. The van der Waals surface area contributed by atoms with Gasteiger partial charge >= 0.3 is 0 Å². The van der Waals surface area contributed by atoms with Crippen molar-refractivity contribution in [3.63, 3.8) is 0 Å². The van der Waals surface area contributed by atoms with Crippen molar-refractivity contribution < 1.29 is 8.83 Å². The van der Waals surface area contributed by atoms with E-state index in [0.29, 0.717) is 0 Å². The van der Waals surface area contributed by atoms with Gasteiger partial charge in [0.25, 0.3) is 0 Å². The van der Waals surface area contributed by atoms with Crippen molar-refractivity contribution in [3.8, 4) is 33.4 Å². The minimum absolute atomic E-state index is 0.798. The summed E-state index contributed by atoms with van der Waals surface area (Å²) < 4.78 is 12.7. The molecule has 0 saturated carbocycles. The Bertz CT molecular complexity index is 3080. The molecular weight excluding hydrogens is 609 g/mol. The molecule has 2 aromatic heterocycles. The van der Waals surface area contributed by atoms with Gasteiger partial charge in [-0.15, -0.1) is 0 Å². The van der Waals surface area contributed by atoms with Gasteiger partial charge in [0.05, 0.1) is 0 Å². The van der Waals surface area contributed by atoms with Gasteiger partial charge in [-0.1, -0.05) is 140 Å². The lowest BCUT2D eigenvalue weighted by Gasteiger charge is -2.19. The number of rotatable bonds is 3. The molecule has 2 nitrogen and oxygen atoms in total. The summed E-state index contributed by atoms with van der Waals surface area (Å²) in [6.45, 7) is 0. The molecule has 11 aromatic rings. The second-order valence-corrected chi connectivity index (χ2v) is 13.2. The van der Waals surface area contributed by atoms with Gasteiger partial charge in [-0.05, 0) is 96.0 Å². The molecule has 0 atom stereocenters. The Kier molecular flexibility index (Phi) is 5.70. The molecule has 0 spiro atoms. The van der Waals surface area contributed by atoms with Crippen LogP contribution in [-0.2, 0) is 0 Å². The van der Waals surface area contributed by atoms with Crippen LogP contribution in [0.1, 0.15) is 0 Å². The largest absolute Gasteiger partial charge is 0.452 e. The monoisotopic (exact) mass is 636 g/mol. The Morgan fingerprint density at radius 1 is 0.280 bits per heavy atom. The van der Waals surface area contributed by atoms with Crippen molar-refractivity contribution in [2.75, 3.05) is 0 Å². The van der Waals surface area contributed by atoms with Crippen molar-refractivity contribution in [3.05, 3.63) is 170 Å². The number of fused-ring (bicyclic) bond motifs is 10. The third kappa shape index (κ3) is 3.90. The van der Waals surface area contributed by atoms with Crippen molar-refractivity contribution in [2.24, 2.45) is 0 Å². The number of furan rings is 2. The highest BCUT2D eigenvalue weighted by Gasteiger charge is 2.19. The molecule has 0 amide bonds. The lowest BCUT2D eigenvalue weighted by molar-refractivity contribution is 0.633. The van der Waals surface area contributed by atoms with Gasteiger partial charge in [0.2, 0.25) is 0 Å². The second kappa shape index (κ2) is 10.4. The van der Waals surface area contributed by atoms with E-state index in [9.17, 15) is 0 Å². The molecule has 0 N–H and O–H groups in total. The SMILES string of the molecule is c1ccc2c(-c3c4ccccc4c(-c4ccc(-c5ccc6oc7c(ccc8c9ccccc9oc87)c6c5)cc4)c4ccccc34)cccc2c1. The zero-order valence-electron chi connectivity index (χ0n) is 27.0. The standard InChI is InChI=1S/C48H28O2/c1-2-12-33-30(10-1)11-9-18-35(33)46-38-16-5-3-14-36(38)45(37-15-4-6-17-39(37)46)31-22-20-29(21-23-31)32-24-27-44-42(28-32)41-26-25-40-34-13-7-8-19-43(34)49-47(40)48(41)50-44/h1-28H. The highest BCUT2D eigenvalue weighted by Crippen LogP contribution is 2.46. The minimum Gasteiger partial charge on any atom is -0.452 e. The van der Waals surface area contributed by atoms with Crippen LogP contribution >= 0.6 is 0 Å². The first-order valence-corrected chi connectivity index (χ1v) is 17.1. The fraction of sp³-hybridized carbons (Fsp3) is 0. The predicted molar refractivity (Wildman–Crippen MR) is 210 cm³/mol. The van der Waals surface area contributed by atoms with Gasteiger partial charge in [-0.2, -0.15) is 0 Å². The van der Waals surface area contributed by atoms with E-state index in [1.54, 1.807) is 0 Å². The van der Waals surface area contributed by atoms with Crippen molar-refractivity contribution in [1.29, 1.82) is 0 Å². The molecule has 11 rings (SSSR count). The summed E-state index contributed by atoms with van der Waals surface area (Å²) in [5, 5.41) is 11.9. The van der Waals surface area contributed by atoms with Crippen molar-refractivity contribution in [1.82, 2.24) is 0 Å². The second-order valence-electron chi connectivity index (χ2n) is 13.2. The summed E-state index contributed by atoms with van der Waals surface area (Å²) in [6.07, 6.45) is 0. The fourth-order valence-electron chi connectivity index (χ4n) is 8.20. The molecule has 0 aliphatic rings. The van der Waals surface area contributed by atoms with E-state index in [1.165, 1.54) is 54.6 Å². The average molecular weight is 637 g/mol. The van der Waals surface area contributed by atoms with Crippen LogP contribution in [0, 0.1) is 0 Å². The molecule has 0 aliphatic heterocycles. The van der Waals surface area contributed by atoms with E-state index in [1.807, 2.05) is 18.2 Å². The maximum absolute atomic E-state index is 6.42. The molecule has 232 valence electrons. The average Bonchev–Trinajstić information content (AvgIpc) is 3.75. The molecule has 0 fully saturated rings. The number of para-hydroxylation sites is 1. The van der Waals surface area contributed by atoms with Crippen LogP contribution in [0.2, 0.25) is 0 Å². The van der Waals surface area contributed by atoms with Crippen LogP contribution in [0.25, 0.3) is 110 Å². The van der Waals surface area contributed by atoms with E-state index < -0.39 is 0 Å². The molecule has 50 heavy (non-hydrogen) atoms. The zero-order valence-corrected chi connectivity index (χ0v) is 27.0. The molecule has 9 aromatic carbocycles. The van der Waals surface area contributed by atoms with Gasteiger partial charge in [0.1, 0.15) is 11.2 Å². The van der Waals surface area contributed by atoms with E-state index in [4.69, 9.17) is 8.83 Å². The van der Waals surface area contributed by atoms with Crippen LogP contribution in [0.3, 0.4) is 0 Å². The minimum atomic E-state index is 0.798. The van der Waals surface area contributed by atoms with Crippen LogP contribution in [0.15, 0.2) is 179 Å². The zero-order chi connectivity index (χ0) is 32.8. The Hall–Kier alpha value is -6.64. The highest BCUT2D eigenvalue weighted by atomic mass is 16.4. The van der Waals surface area contributed by atoms with Gasteiger partial charge in [0.15, 0.2) is 11.2 Å². The van der Waals surface area contributed by atoms with E-state index in [2.05, 4.69) is 152 Å². The molecular formula is C48H28O2. The Balaban J connectivity index is 1.06. The van der Waals surface area contributed by atoms with Crippen LogP contribution in [0.4, 0.5) is 0 Å². The first-order chi connectivity index (χ1) is 24.8. The maximum Gasteiger partial charge on any atom is 0.178 e. The third-order valence-corrected chi connectivity index (χ3v) is 10.5. The predicted octanol–water partition coefficient (Wildman–Crippen LogP) is 13.9. The van der Waals surface area contributed by atoms with E-state index in [-0.39, 0.29) is 0 Å². The lowest BCUT2D eigenvalue weighted by Crippen LogP contribution is -1.91. The quantitative estimate of drug-likeness (QED) is 0.180. The summed E-state index contributed by atoms with van der Waals surface area (Å²) in [4.78, 5) is 0. The molecule has 0 bridgehead atoms. The molecule has 2 heterocycles. The van der Waals surface area contributed by atoms with E-state index in [0.717, 1.165) is 55.0 Å². The first-order valence-electron chi connectivity index (χ1n) is 17.1. The summed E-state index contributed by atoms with van der Waals surface area (Å²) in [6, 6.07) is 61.1. The molecule has 0 unspecified atom stereocenters. The smallest absolute Gasteiger partial charge is 0.178 e. The fourth-order valence-corrected chi connectivity index (χ4v) is 8.20. The van der Waals surface area contributed by atoms with Gasteiger partial charge in [-0.25, -0.2) is 0 Å². The van der Waals surface area contributed by atoms with Gasteiger partial charge in [0, 0.05) is 21.5 Å². The van der Waals surface area contributed by atoms with Crippen molar-refractivity contribution >= 4 is 76.2 Å². The molecule has 0 saturated heterocycles. The summed E-state index contributed by atoms with van der Waals surface area (Å²) in [7, 11) is 0. The maximum atomic E-state index is 6.42. The Morgan fingerprint density at radius 2 is 0.780 bits per heavy atom. The van der Waals surface area contributed by atoms with Crippen molar-refractivity contribution in [2.45, 2.75) is 0 Å². The highest BCUT2D eigenvalue weighted by molar-refractivity contribution is 6.24. The first kappa shape index (κ1) is 27.3. The molecule has 2 heteroatoms. The molecule has 0 aliphatic carbocycles. The summed E-state index contributed by atoms with van der Waals surface area (Å²) in [5.74, 6) is 0. The number of benzene rings is 9. The third-order valence-electron chi connectivity index (χ3n) is 10.5. The van der Waals surface area contributed by atoms with Gasteiger partial charge in [-0.3, -0.25) is 0 Å². The van der Waals surface area contributed by atoms with E-state index >= 15 is 0 Å². The van der Waals surface area contributed by atoms with Gasteiger partial charge < -0.3 is 8.83 Å². The topological polar surface area (TPSA) is 26.3 Å².